The van der Waals surface area contributed by atoms with Crippen LogP contribution in [0.5, 0.6) is 0 Å². The fourth-order valence-corrected chi connectivity index (χ4v) is 3.46. The Balaban J connectivity index is 1.93. The van der Waals surface area contributed by atoms with Crippen molar-refractivity contribution in [2.45, 2.75) is 31.7 Å². The lowest BCUT2D eigenvalue weighted by Gasteiger charge is -2.23. The Kier molecular flexibility index (Phi) is 4.93. The van der Waals surface area contributed by atoms with Crippen molar-refractivity contribution in [3.05, 3.63) is 29.8 Å². The summed E-state index contributed by atoms with van der Waals surface area (Å²) in [5, 5.41) is 3.26. The summed E-state index contributed by atoms with van der Waals surface area (Å²) in [7, 11) is -3.62. The molecule has 2 rings (SSSR count). The third-order valence-corrected chi connectivity index (χ3v) is 4.65. The predicted octanol–water partition coefficient (Wildman–Crippen LogP) is 2.24. The zero-order valence-corrected chi connectivity index (χ0v) is 11.8. The summed E-state index contributed by atoms with van der Waals surface area (Å²) >= 11 is 0. The van der Waals surface area contributed by atoms with Crippen molar-refractivity contribution in [1.29, 1.82) is 0 Å². The predicted molar refractivity (Wildman–Crippen MR) is 74.0 cm³/mol. The van der Waals surface area contributed by atoms with Crippen LogP contribution in [0.2, 0.25) is 0 Å². The molecule has 0 aliphatic carbocycles. The Morgan fingerprint density at radius 2 is 2.10 bits per heavy atom. The molecule has 2 N–H and O–H groups in total. The Hall–Kier alpha value is -1.21. The fraction of sp³-hybridized carbons (Fsp3) is 0.538. The highest BCUT2D eigenvalue weighted by molar-refractivity contribution is 7.92. The quantitative estimate of drug-likeness (QED) is 0.877. The number of benzene rings is 1. The van der Waals surface area contributed by atoms with Crippen molar-refractivity contribution < 1.29 is 17.2 Å². The average Bonchev–Trinajstić information content (AvgIpc) is 2.41. The van der Waals surface area contributed by atoms with Crippen LogP contribution in [0.15, 0.2) is 18.2 Å². The number of piperidine rings is 1. The molecule has 0 bridgehead atoms. The van der Waals surface area contributed by atoms with E-state index in [1.165, 1.54) is 0 Å². The summed E-state index contributed by atoms with van der Waals surface area (Å²) in [4.78, 5) is 0. The van der Waals surface area contributed by atoms with Crippen LogP contribution in [0, 0.1) is 11.6 Å². The van der Waals surface area contributed by atoms with Gasteiger partial charge in [-0.05, 0) is 37.9 Å². The molecular weight excluding hydrogens is 286 g/mol. The van der Waals surface area contributed by atoms with Gasteiger partial charge in [-0.3, -0.25) is 4.72 Å². The van der Waals surface area contributed by atoms with Crippen molar-refractivity contribution in [2.75, 3.05) is 17.0 Å². The largest absolute Gasteiger partial charge is 0.314 e. The molecule has 1 fully saturated rings. The zero-order valence-electron chi connectivity index (χ0n) is 11.0. The van der Waals surface area contributed by atoms with Gasteiger partial charge in [-0.15, -0.1) is 0 Å². The van der Waals surface area contributed by atoms with E-state index >= 15 is 0 Å². The lowest BCUT2D eigenvalue weighted by atomic mass is 10.0. The van der Waals surface area contributed by atoms with Crippen LogP contribution in [0.1, 0.15) is 25.7 Å². The Labute approximate surface area is 117 Å². The first-order valence-electron chi connectivity index (χ1n) is 6.65. The van der Waals surface area contributed by atoms with E-state index in [1.807, 2.05) is 0 Å². The maximum absolute atomic E-state index is 13.4. The molecule has 112 valence electrons. The number of anilines is 1. The van der Waals surface area contributed by atoms with Gasteiger partial charge < -0.3 is 5.32 Å². The standard InChI is InChI=1S/C13H18F2N2O2S/c14-10-4-5-13(12(15)9-10)17-20(18,19)8-6-11-3-1-2-7-16-11/h4-5,9,11,16-17H,1-3,6-8H2. The topological polar surface area (TPSA) is 58.2 Å². The summed E-state index contributed by atoms with van der Waals surface area (Å²) in [5.74, 6) is -1.73. The number of nitrogens with one attached hydrogen (secondary N) is 2. The molecule has 1 unspecified atom stereocenters. The van der Waals surface area contributed by atoms with Crippen LogP contribution in [0.3, 0.4) is 0 Å². The van der Waals surface area contributed by atoms with E-state index in [2.05, 4.69) is 10.0 Å². The van der Waals surface area contributed by atoms with E-state index in [1.54, 1.807) is 0 Å². The first-order chi connectivity index (χ1) is 9.46. The molecule has 1 aromatic carbocycles. The molecule has 0 radical (unpaired) electrons. The molecule has 1 aliphatic rings. The second-order valence-corrected chi connectivity index (χ2v) is 6.82. The Morgan fingerprint density at radius 1 is 1.30 bits per heavy atom. The molecule has 1 aliphatic heterocycles. The molecule has 1 atom stereocenters. The lowest BCUT2D eigenvalue weighted by Crippen LogP contribution is -2.36. The summed E-state index contributed by atoms with van der Waals surface area (Å²) < 4.78 is 52.1. The van der Waals surface area contributed by atoms with Gasteiger partial charge in [0.25, 0.3) is 0 Å². The zero-order chi connectivity index (χ0) is 14.6. The summed E-state index contributed by atoms with van der Waals surface area (Å²) in [5.41, 5.74) is -0.219. The van der Waals surface area contributed by atoms with Crippen LogP contribution in [0.4, 0.5) is 14.5 Å². The van der Waals surface area contributed by atoms with E-state index in [-0.39, 0.29) is 17.5 Å². The summed E-state index contributed by atoms with van der Waals surface area (Å²) in [6.07, 6.45) is 3.65. The highest BCUT2D eigenvalue weighted by Crippen LogP contribution is 2.17. The minimum Gasteiger partial charge on any atom is -0.314 e. The van der Waals surface area contributed by atoms with Gasteiger partial charge in [0.15, 0.2) is 0 Å². The molecule has 1 heterocycles. The van der Waals surface area contributed by atoms with Crippen LogP contribution < -0.4 is 10.0 Å². The van der Waals surface area contributed by atoms with E-state index in [0.717, 1.165) is 37.9 Å². The van der Waals surface area contributed by atoms with E-state index in [4.69, 9.17) is 0 Å². The smallest absolute Gasteiger partial charge is 0.232 e. The van der Waals surface area contributed by atoms with E-state index < -0.39 is 21.7 Å². The molecule has 0 amide bonds. The van der Waals surface area contributed by atoms with Crippen LogP contribution in [-0.4, -0.2) is 26.8 Å². The summed E-state index contributed by atoms with van der Waals surface area (Å²) in [6, 6.07) is 2.95. The highest BCUT2D eigenvalue weighted by Gasteiger charge is 2.18. The van der Waals surface area contributed by atoms with Gasteiger partial charge in [-0.25, -0.2) is 17.2 Å². The molecule has 4 nitrogen and oxygen atoms in total. The number of halogens is 2. The van der Waals surface area contributed by atoms with Crippen LogP contribution in [-0.2, 0) is 10.0 Å². The molecule has 0 aromatic heterocycles. The van der Waals surface area contributed by atoms with Gasteiger partial charge in [-0.1, -0.05) is 6.42 Å². The average molecular weight is 304 g/mol. The minimum atomic E-state index is -3.62. The normalized spacial score (nSPS) is 19.8. The first kappa shape index (κ1) is 15.2. The van der Waals surface area contributed by atoms with Crippen molar-refractivity contribution in [2.24, 2.45) is 0 Å². The van der Waals surface area contributed by atoms with Crippen molar-refractivity contribution in [3.8, 4) is 0 Å². The van der Waals surface area contributed by atoms with E-state index in [0.29, 0.717) is 12.5 Å². The second kappa shape index (κ2) is 6.49. The molecule has 20 heavy (non-hydrogen) atoms. The van der Waals surface area contributed by atoms with Crippen LogP contribution >= 0.6 is 0 Å². The number of hydrogen-bond acceptors (Lipinski definition) is 3. The number of rotatable bonds is 5. The maximum Gasteiger partial charge on any atom is 0.232 e. The van der Waals surface area contributed by atoms with Gasteiger partial charge in [0.05, 0.1) is 11.4 Å². The molecule has 1 aromatic rings. The molecular formula is C13H18F2N2O2S. The monoisotopic (exact) mass is 304 g/mol. The van der Waals surface area contributed by atoms with Gasteiger partial charge in [-0.2, -0.15) is 0 Å². The van der Waals surface area contributed by atoms with Crippen molar-refractivity contribution >= 4 is 15.7 Å². The van der Waals surface area contributed by atoms with Crippen molar-refractivity contribution in [1.82, 2.24) is 5.32 Å². The van der Waals surface area contributed by atoms with Gasteiger partial charge >= 0.3 is 0 Å². The SMILES string of the molecule is O=S(=O)(CCC1CCCCN1)Nc1ccc(F)cc1F. The minimum absolute atomic E-state index is 0.0819. The third kappa shape index (κ3) is 4.42. The maximum atomic E-state index is 13.4. The van der Waals surface area contributed by atoms with Crippen LogP contribution in [0.25, 0.3) is 0 Å². The second-order valence-electron chi connectivity index (χ2n) is 4.98. The Bertz CT molecular complexity index is 557. The van der Waals surface area contributed by atoms with E-state index in [9.17, 15) is 17.2 Å². The van der Waals surface area contributed by atoms with Gasteiger partial charge in [0, 0.05) is 12.1 Å². The van der Waals surface area contributed by atoms with Crippen molar-refractivity contribution in [3.63, 3.8) is 0 Å². The molecule has 0 saturated carbocycles. The molecule has 0 spiro atoms. The Morgan fingerprint density at radius 3 is 2.75 bits per heavy atom. The first-order valence-corrected chi connectivity index (χ1v) is 8.30. The van der Waals surface area contributed by atoms with Gasteiger partial charge in [0.1, 0.15) is 11.6 Å². The fourth-order valence-electron chi connectivity index (χ4n) is 2.26. The molecule has 1 saturated heterocycles. The van der Waals surface area contributed by atoms with Gasteiger partial charge in [0.2, 0.25) is 10.0 Å². The number of sulfonamides is 1. The summed E-state index contributed by atoms with van der Waals surface area (Å²) in [6.45, 7) is 0.907. The third-order valence-electron chi connectivity index (χ3n) is 3.34. The molecule has 7 heteroatoms. The number of hydrogen-bond donors (Lipinski definition) is 2. The lowest BCUT2D eigenvalue weighted by molar-refractivity contribution is 0.393. The highest BCUT2D eigenvalue weighted by atomic mass is 32.2.